The summed E-state index contributed by atoms with van der Waals surface area (Å²) in [5.74, 6) is -0.0134. The number of aromatic carboxylic acids is 1. The third-order valence-corrected chi connectivity index (χ3v) is 6.73. The zero-order valence-electron chi connectivity index (χ0n) is 17.5. The normalized spacial score (nSPS) is 15.3. The molecule has 2 aromatic carbocycles. The predicted molar refractivity (Wildman–Crippen MR) is 121 cm³/mol. The molecule has 7 heteroatoms. The molecule has 3 aromatic rings. The molecule has 0 saturated carbocycles. The summed E-state index contributed by atoms with van der Waals surface area (Å²) >= 11 is 1.51. The lowest BCUT2D eigenvalue weighted by Gasteiger charge is -2.30. The van der Waals surface area contributed by atoms with Crippen molar-refractivity contribution >= 4 is 33.3 Å². The number of carbonyl (C=O) groups is 2. The number of piperidine rings is 1. The second kappa shape index (κ2) is 9.58. The molecule has 2 heterocycles. The van der Waals surface area contributed by atoms with E-state index in [1.807, 2.05) is 12.1 Å². The van der Waals surface area contributed by atoms with E-state index in [0.717, 1.165) is 49.1 Å². The van der Waals surface area contributed by atoms with Crippen LogP contribution in [0.5, 0.6) is 5.75 Å². The van der Waals surface area contributed by atoms with Gasteiger partial charge in [0, 0.05) is 12.5 Å². The highest BCUT2D eigenvalue weighted by Gasteiger charge is 2.27. The fourth-order valence-corrected chi connectivity index (χ4v) is 4.99. The number of carboxylic acid groups (broad SMARTS) is 1. The smallest absolute Gasteiger partial charge is 0.335 e. The van der Waals surface area contributed by atoms with E-state index in [4.69, 9.17) is 9.84 Å². The number of likely N-dealkylation sites (tertiary alicyclic amines) is 1. The van der Waals surface area contributed by atoms with Gasteiger partial charge in [0.15, 0.2) is 10.8 Å². The molecular weight excluding hydrogens is 412 g/mol. The number of carbonyl (C=O) groups excluding carboxylic acids is 1. The Morgan fingerprint density at radius 1 is 1.16 bits per heavy atom. The summed E-state index contributed by atoms with van der Waals surface area (Å²) in [7, 11) is 0. The number of hydrogen-bond acceptors (Lipinski definition) is 6. The number of aromatic nitrogens is 1. The molecule has 6 nitrogen and oxygen atoms in total. The predicted octanol–water partition coefficient (Wildman–Crippen LogP) is 4.67. The molecule has 1 N–H and O–H groups in total. The van der Waals surface area contributed by atoms with Gasteiger partial charge in [-0.3, -0.25) is 4.79 Å². The van der Waals surface area contributed by atoms with Gasteiger partial charge in [-0.1, -0.05) is 6.07 Å². The van der Waals surface area contributed by atoms with Gasteiger partial charge in [-0.25, -0.2) is 9.78 Å². The Hall–Kier alpha value is -2.77. The highest BCUT2D eigenvalue weighted by atomic mass is 32.1. The molecule has 1 aromatic heterocycles. The Morgan fingerprint density at radius 3 is 2.61 bits per heavy atom. The molecule has 31 heavy (non-hydrogen) atoms. The highest BCUT2D eigenvalue weighted by Crippen LogP contribution is 2.28. The lowest BCUT2D eigenvalue weighted by Crippen LogP contribution is -2.37. The quantitative estimate of drug-likeness (QED) is 0.407. The number of rotatable bonds is 8. The van der Waals surface area contributed by atoms with Gasteiger partial charge < -0.3 is 14.7 Å². The van der Waals surface area contributed by atoms with Gasteiger partial charge in [0.05, 0.1) is 22.4 Å². The van der Waals surface area contributed by atoms with Crippen molar-refractivity contribution in [3.8, 4) is 5.75 Å². The Kier molecular flexibility index (Phi) is 6.63. The van der Waals surface area contributed by atoms with Gasteiger partial charge in [-0.15, -0.1) is 11.3 Å². The van der Waals surface area contributed by atoms with E-state index in [0.29, 0.717) is 17.4 Å². The molecule has 0 amide bonds. The number of benzene rings is 2. The SMILES string of the molecule is Cc1ccc2nc(C(=O)C3CCN(CCCOc4ccc(C(=O)O)cc4)CC3)sc2c1. The molecule has 0 spiro atoms. The molecule has 0 aliphatic carbocycles. The average molecular weight is 439 g/mol. The number of carboxylic acids is 1. The fourth-order valence-electron chi connectivity index (χ4n) is 3.90. The van der Waals surface area contributed by atoms with Crippen LogP contribution in [0.1, 0.15) is 45.0 Å². The molecule has 1 saturated heterocycles. The van der Waals surface area contributed by atoms with Crippen molar-refractivity contribution in [1.82, 2.24) is 9.88 Å². The lowest BCUT2D eigenvalue weighted by molar-refractivity contribution is 0.0696. The zero-order chi connectivity index (χ0) is 21.8. The number of Topliss-reactive ketones (excluding diaryl/α,β-unsaturated/α-hetero) is 1. The van der Waals surface area contributed by atoms with Crippen LogP contribution in [0.15, 0.2) is 42.5 Å². The first-order chi connectivity index (χ1) is 15.0. The van der Waals surface area contributed by atoms with E-state index >= 15 is 0 Å². The number of aryl methyl sites for hydroxylation is 1. The van der Waals surface area contributed by atoms with E-state index in [-0.39, 0.29) is 17.3 Å². The Labute approximate surface area is 185 Å². The van der Waals surface area contributed by atoms with Crippen molar-refractivity contribution in [3.63, 3.8) is 0 Å². The summed E-state index contributed by atoms with van der Waals surface area (Å²) in [5, 5.41) is 9.56. The number of nitrogens with zero attached hydrogens (tertiary/aromatic N) is 2. The molecule has 0 radical (unpaired) electrons. The second-order valence-corrected chi connectivity index (χ2v) is 9.03. The lowest BCUT2D eigenvalue weighted by atomic mass is 9.92. The van der Waals surface area contributed by atoms with Crippen LogP contribution in [-0.2, 0) is 0 Å². The average Bonchev–Trinajstić information content (AvgIpc) is 3.20. The van der Waals surface area contributed by atoms with E-state index in [1.54, 1.807) is 24.3 Å². The van der Waals surface area contributed by atoms with Crippen LogP contribution in [-0.4, -0.2) is 53.0 Å². The van der Waals surface area contributed by atoms with Crippen molar-refractivity contribution in [3.05, 3.63) is 58.6 Å². The van der Waals surface area contributed by atoms with Crippen molar-refractivity contribution < 1.29 is 19.4 Å². The maximum Gasteiger partial charge on any atom is 0.335 e. The van der Waals surface area contributed by atoms with Gasteiger partial charge >= 0.3 is 5.97 Å². The van der Waals surface area contributed by atoms with E-state index in [2.05, 4.69) is 22.9 Å². The molecule has 4 rings (SSSR count). The topological polar surface area (TPSA) is 79.7 Å². The number of hydrogen-bond donors (Lipinski definition) is 1. The molecular formula is C24H26N2O4S. The third kappa shape index (κ3) is 5.29. The van der Waals surface area contributed by atoms with Crippen LogP contribution in [0.4, 0.5) is 0 Å². The van der Waals surface area contributed by atoms with Crippen LogP contribution in [0.3, 0.4) is 0 Å². The summed E-state index contributed by atoms with van der Waals surface area (Å²) in [6, 6.07) is 12.6. The summed E-state index contributed by atoms with van der Waals surface area (Å²) in [6.07, 6.45) is 2.62. The summed E-state index contributed by atoms with van der Waals surface area (Å²) < 4.78 is 6.79. The fraction of sp³-hybridized carbons (Fsp3) is 0.375. The minimum atomic E-state index is -0.938. The largest absolute Gasteiger partial charge is 0.494 e. The Bertz CT molecular complexity index is 1070. The molecule has 0 unspecified atom stereocenters. The highest BCUT2D eigenvalue weighted by molar-refractivity contribution is 7.20. The first kappa shape index (κ1) is 21.5. The van der Waals surface area contributed by atoms with Crippen LogP contribution in [0.2, 0.25) is 0 Å². The first-order valence-corrected chi connectivity index (χ1v) is 11.4. The van der Waals surface area contributed by atoms with Crippen LogP contribution < -0.4 is 4.74 Å². The van der Waals surface area contributed by atoms with E-state index in [1.165, 1.54) is 16.9 Å². The molecule has 1 fully saturated rings. The maximum atomic E-state index is 12.9. The van der Waals surface area contributed by atoms with Gasteiger partial charge in [-0.05, 0) is 81.2 Å². The Morgan fingerprint density at radius 2 is 1.90 bits per heavy atom. The van der Waals surface area contributed by atoms with Crippen LogP contribution in [0, 0.1) is 12.8 Å². The monoisotopic (exact) mass is 438 g/mol. The van der Waals surface area contributed by atoms with Crippen molar-refractivity contribution in [2.24, 2.45) is 5.92 Å². The van der Waals surface area contributed by atoms with Gasteiger partial charge in [-0.2, -0.15) is 0 Å². The summed E-state index contributed by atoms with van der Waals surface area (Å²) in [4.78, 5) is 30.7. The van der Waals surface area contributed by atoms with Crippen LogP contribution >= 0.6 is 11.3 Å². The van der Waals surface area contributed by atoms with Crippen molar-refractivity contribution in [2.75, 3.05) is 26.2 Å². The molecule has 162 valence electrons. The van der Waals surface area contributed by atoms with E-state index < -0.39 is 5.97 Å². The molecule has 1 aliphatic heterocycles. The number of thiazole rings is 1. The molecule has 0 atom stereocenters. The minimum absolute atomic E-state index is 0.0573. The molecule has 1 aliphatic rings. The maximum absolute atomic E-state index is 12.9. The zero-order valence-corrected chi connectivity index (χ0v) is 18.4. The summed E-state index contributed by atoms with van der Waals surface area (Å²) in [6.45, 7) is 5.38. The van der Waals surface area contributed by atoms with Gasteiger partial charge in [0.1, 0.15) is 5.75 Å². The standard InChI is InChI=1S/C24H26N2O4S/c1-16-3-8-20-21(15-16)31-23(25-20)22(27)17-9-12-26(13-10-17)11-2-14-30-19-6-4-18(5-7-19)24(28)29/h3-8,15,17H,2,9-14H2,1H3,(H,28,29). The molecule has 0 bridgehead atoms. The number of ketones is 1. The summed E-state index contributed by atoms with van der Waals surface area (Å²) in [5.41, 5.74) is 2.35. The van der Waals surface area contributed by atoms with Crippen molar-refractivity contribution in [2.45, 2.75) is 26.2 Å². The second-order valence-electron chi connectivity index (χ2n) is 8.00. The van der Waals surface area contributed by atoms with Gasteiger partial charge in [0.25, 0.3) is 0 Å². The number of fused-ring (bicyclic) bond motifs is 1. The third-order valence-electron chi connectivity index (χ3n) is 5.70. The van der Waals surface area contributed by atoms with E-state index in [9.17, 15) is 9.59 Å². The van der Waals surface area contributed by atoms with Gasteiger partial charge in [0.2, 0.25) is 0 Å². The number of ether oxygens (including phenoxy) is 1. The van der Waals surface area contributed by atoms with Crippen LogP contribution in [0.25, 0.3) is 10.2 Å². The van der Waals surface area contributed by atoms with Crippen molar-refractivity contribution in [1.29, 1.82) is 0 Å². The minimum Gasteiger partial charge on any atom is -0.494 e. The Balaban J connectivity index is 1.20. The first-order valence-electron chi connectivity index (χ1n) is 10.6.